The summed E-state index contributed by atoms with van der Waals surface area (Å²) in [5.41, 5.74) is 0.196. The first-order valence-corrected chi connectivity index (χ1v) is 13.1. The van der Waals surface area contributed by atoms with E-state index in [-0.39, 0.29) is 35.0 Å². The van der Waals surface area contributed by atoms with Gasteiger partial charge in [0.05, 0.1) is 24.4 Å². The fraction of sp³-hybridized carbons (Fsp3) is 0.217. The van der Waals surface area contributed by atoms with E-state index in [1.165, 1.54) is 34.6 Å². The second-order valence-corrected chi connectivity index (χ2v) is 10.8. The van der Waals surface area contributed by atoms with Crippen molar-refractivity contribution in [3.63, 3.8) is 0 Å². The van der Waals surface area contributed by atoms with Crippen LogP contribution in [0.5, 0.6) is 11.5 Å². The van der Waals surface area contributed by atoms with Gasteiger partial charge in [-0.1, -0.05) is 23.2 Å². The van der Waals surface area contributed by atoms with Crippen LogP contribution in [0, 0.1) is 11.3 Å². The maximum absolute atomic E-state index is 13.6. The van der Waals surface area contributed by atoms with Crippen molar-refractivity contribution in [1.29, 1.82) is 5.26 Å². The van der Waals surface area contributed by atoms with Crippen molar-refractivity contribution in [3.05, 3.63) is 76.2 Å². The van der Waals surface area contributed by atoms with Crippen LogP contribution in [0.1, 0.15) is 11.3 Å². The van der Waals surface area contributed by atoms with E-state index in [0.717, 1.165) is 5.76 Å². The molecule has 4 rings (SSSR count). The number of sulfonamides is 1. The van der Waals surface area contributed by atoms with Crippen LogP contribution in [0.3, 0.4) is 0 Å². The van der Waals surface area contributed by atoms with Crippen molar-refractivity contribution in [2.75, 3.05) is 26.2 Å². The Morgan fingerprint density at radius 3 is 2.46 bits per heavy atom. The third-order valence-corrected chi connectivity index (χ3v) is 8.03. The molecule has 8 nitrogen and oxygen atoms in total. The molecule has 3 aromatic rings. The lowest BCUT2D eigenvalue weighted by Gasteiger charge is -2.35. The number of nitrogens with one attached hydrogen (secondary N) is 1. The van der Waals surface area contributed by atoms with E-state index < -0.39 is 10.0 Å². The number of benzene rings is 2. The number of halogens is 2. The normalized spacial score (nSPS) is 14.4. The van der Waals surface area contributed by atoms with Crippen molar-refractivity contribution >= 4 is 50.6 Å². The van der Waals surface area contributed by atoms with Crippen molar-refractivity contribution in [3.8, 4) is 17.6 Å². The molecule has 0 bridgehead atoms. The Balaban J connectivity index is 1.50. The Morgan fingerprint density at radius 2 is 1.83 bits per heavy atom. The zero-order chi connectivity index (χ0) is 25.0. The van der Waals surface area contributed by atoms with Crippen LogP contribution in [-0.4, -0.2) is 48.9 Å². The fourth-order valence-electron chi connectivity index (χ4n) is 3.54. The van der Waals surface area contributed by atoms with Gasteiger partial charge in [-0.05, 0) is 60.7 Å². The summed E-state index contributed by atoms with van der Waals surface area (Å²) in [6.45, 7) is 1.68. The Bertz CT molecular complexity index is 1350. The molecule has 1 aliphatic rings. The van der Waals surface area contributed by atoms with Crippen molar-refractivity contribution in [1.82, 2.24) is 14.5 Å². The van der Waals surface area contributed by atoms with E-state index in [2.05, 4.69) is 5.32 Å². The lowest BCUT2D eigenvalue weighted by Crippen LogP contribution is -2.52. The summed E-state index contributed by atoms with van der Waals surface area (Å²) in [5, 5.41) is 13.7. The Morgan fingerprint density at radius 1 is 1.11 bits per heavy atom. The monoisotopic (exact) mass is 550 g/mol. The van der Waals surface area contributed by atoms with Crippen LogP contribution < -0.4 is 10.1 Å². The fourth-order valence-corrected chi connectivity index (χ4v) is 5.86. The maximum Gasteiger partial charge on any atom is 0.246 e. The number of furan rings is 1. The summed E-state index contributed by atoms with van der Waals surface area (Å²) in [6.07, 6.45) is 1.59. The second kappa shape index (κ2) is 10.8. The summed E-state index contributed by atoms with van der Waals surface area (Å²) in [5.74, 6) is 1.10. The van der Waals surface area contributed by atoms with Gasteiger partial charge >= 0.3 is 0 Å². The molecule has 0 spiro atoms. The molecule has 0 unspecified atom stereocenters. The number of piperazine rings is 1. The molecular weight excluding hydrogens is 531 g/mol. The van der Waals surface area contributed by atoms with Crippen LogP contribution in [0.25, 0.3) is 0 Å². The maximum atomic E-state index is 13.6. The number of rotatable bonds is 6. The smallest absolute Gasteiger partial charge is 0.246 e. The molecule has 0 radical (unpaired) electrons. The predicted octanol–water partition coefficient (Wildman–Crippen LogP) is 4.63. The van der Waals surface area contributed by atoms with Gasteiger partial charge in [-0.3, -0.25) is 0 Å². The third kappa shape index (κ3) is 6.07. The minimum absolute atomic E-state index is 0.0698. The first-order chi connectivity index (χ1) is 16.8. The number of nitrogens with zero attached hydrogens (tertiary/aromatic N) is 3. The van der Waals surface area contributed by atoms with Gasteiger partial charge in [-0.25, -0.2) is 8.42 Å². The quantitative estimate of drug-likeness (QED) is 0.443. The van der Waals surface area contributed by atoms with E-state index in [9.17, 15) is 13.7 Å². The molecule has 1 aliphatic heterocycles. The van der Waals surface area contributed by atoms with Gasteiger partial charge in [-0.2, -0.15) is 9.57 Å². The van der Waals surface area contributed by atoms with Crippen LogP contribution >= 0.6 is 35.4 Å². The zero-order valence-corrected chi connectivity index (χ0v) is 21.4. The highest BCUT2D eigenvalue weighted by molar-refractivity contribution is 7.89. The van der Waals surface area contributed by atoms with Crippen LogP contribution in [-0.2, 0) is 16.6 Å². The highest BCUT2D eigenvalue weighted by atomic mass is 35.5. The molecule has 1 fully saturated rings. The molecule has 1 N–H and O–H groups in total. The van der Waals surface area contributed by atoms with E-state index in [1.807, 2.05) is 17.0 Å². The molecule has 2 aromatic carbocycles. The molecule has 1 saturated heterocycles. The van der Waals surface area contributed by atoms with Gasteiger partial charge < -0.3 is 19.4 Å². The summed E-state index contributed by atoms with van der Waals surface area (Å²) in [6, 6.07) is 14.4. The molecule has 12 heteroatoms. The predicted molar refractivity (Wildman–Crippen MR) is 136 cm³/mol. The topological polar surface area (TPSA) is 98.8 Å². The minimum Gasteiger partial charge on any atom is -0.467 e. The summed E-state index contributed by atoms with van der Waals surface area (Å²) in [7, 11) is -3.98. The minimum atomic E-state index is -3.98. The largest absolute Gasteiger partial charge is 0.467 e. The van der Waals surface area contributed by atoms with Crippen LogP contribution in [0.2, 0.25) is 10.0 Å². The van der Waals surface area contributed by atoms with E-state index in [0.29, 0.717) is 34.8 Å². The highest BCUT2D eigenvalue weighted by Gasteiger charge is 2.32. The van der Waals surface area contributed by atoms with Crippen molar-refractivity contribution < 1.29 is 17.6 Å². The molecule has 0 saturated carbocycles. The van der Waals surface area contributed by atoms with E-state index in [1.54, 1.807) is 18.4 Å². The first-order valence-electron chi connectivity index (χ1n) is 10.5. The number of hydrogen-bond donors (Lipinski definition) is 1. The average Bonchev–Trinajstić information content (AvgIpc) is 3.36. The Kier molecular flexibility index (Phi) is 7.84. The molecule has 1 aromatic heterocycles. The summed E-state index contributed by atoms with van der Waals surface area (Å²) in [4.78, 5) is 1.79. The third-order valence-electron chi connectivity index (χ3n) is 5.27. The van der Waals surface area contributed by atoms with Gasteiger partial charge in [0.15, 0.2) is 5.11 Å². The van der Waals surface area contributed by atoms with Gasteiger partial charge in [-0.15, -0.1) is 0 Å². The molecule has 0 aliphatic carbocycles. The molecule has 35 heavy (non-hydrogen) atoms. The van der Waals surface area contributed by atoms with Crippen molar-refractivity contribution in [2.45, 2.75) is 11.4 Å². The number of hydrogen-bond acceptors (Lipinski definition) is 6. The SMILES string of the molecule is N#Cc1ccc(Oc2cc(Cl)cc(Cl)c2)c(S(=O)(=O)N2CCN(C(=S)NCc3ccco3)CC2)c1. The van der Waals surface area contributed by atoms with Crippen LogP contribution in [0.4, 0.5) is 0 Å². The Labute approximate surface area is 218 Å². The number of ether oxygens (including phenoxy) is 1. The van der Waals surface area contributed by atoms with Gasteiger partial charge in [0, 0.05) is 36.2 Å². The first kappa shape index (κ1) is 25.3. The lowest BCUT2D eigenvalue weighted by molar-refractivity contribution is 0.263. The van der Waals surface area contributed by atoms with Gasteiger partial charge in [0.2, 0.25) is 10.0 Å². The summed E-state index contributed by atoms with van der Waals surface area (Å²) >= 11 is 17.5. The van der Waals surface area contributed by atoms with E-state index in [4.69, 9.17) is 44.6 Å². The molecule has 0 atom stereocenters. The standard InChI is InChI=1S/C23H20Cl2N4O4S2/c24-17-11-18(25)13-20(12-17)33-21-4-3-16(14-26)10-22(21)35(30,31)29-7-5-28(6-8-29)23(34)27-15-19-2-1-9-32-19/h1-4,9-13H,5-8,15H2,(H,27,34). The lowest BCUT2D eigenvalue weighted by atomic mass is 10.2. The zero-order valence-electron chi connectivity index (χ0n) is 18.3. The number of nitriles is 1. The number of thiocarbonyl (C=S) groups is 1. The Hall–Kier alpha value is -2.81. The average molecular weight is 551 g/mol. The summed E-state index contributed by atoms with van der Waals surface area (Å²) < 4.78 is 39.6. The van der Waals surface area contributed by atoms with Gasteiger partial charge in [0.1, 0.15) is 22.2 Å². The second-order valence-electron chi connectivity index (χ2n) is 7.61. The van der Waals surface area contributed by atoms with Crippen LogP contribution in [0.15, 0.2) is 64.1 Å². The van der Waals surface area contributed by atoms with Crippen molar-refractivity contribution in [2.24, 2.45) is 0 Å². The highest BCUT2D eigenvalue weighted by Crippen LogP contribution is 2.34. The molecule has 182 valence electrons. The molecule has 2 heterocycles. The van der Waals surface area contributed by atoms with Gasteiger partial charge in [0.25, 0.3) is 0 Å². The molecular formula is C23H20Cl2N4O4S2. The van der Waals surface area contributed by atoms with E-state index >= 15 is 0 Å². The molecule has 0 amide bonds.